The van der Waals surface area contributed by atoms with Crippen molar-refractivity contribution in [2.45, 2.75) is 6.04 Å². The summed E-state index contributed by atoms with van der Waals surface area (Å²) in [6.07, 6.45) is 1.46. The number of ketones is 1. The highest BCUT2D eigenvalue weighted by molar-refractivity contribution is 6.51. The Bertz CT molecular complexity index is 1260. The molecule has 1 N–H and O–H groups in total. The van der Waals surface area contributed by atoms with Crippen LogP contribution in [0.15, 0.2) is 78.5 Å². The van der Waals surface area contributed by atoms with Crippen molar-refractivity contribution in [2.75, 3.05) is 12.0 Å². The zero-order chi connectivity index (χ0) is 22.8. The maximum atomic E-state index is 13.1. The molecule has 9 heteroatoms. The van der Waals surface area contributed by atoms with Gasteiger partial charge in [0.25, 0.3) is 11.5 Å². The molecule has 0 saturated carbocycles. The molecule has 2 aromatic carbocycles. The molecule has 0 aliphatic carbocycles. The number of carbonyl (C=O) groups is 2. The van der Waals surface area contributed by atoms with E-state index in [0.717, 1.165) is 4.90 Å². The largest absolute Gasteiger partial charge is 0.507 e. The number of anilines is 1. The van der Waals surface area contributed by atoms with Gasteiger partial charge in [0, 0.05) is 23.9 Å². The number of aliphatic hydroxyl groups excluding tert-OH is 1. The van der Waals surface area contributed by atoms with Gasteiger partial charge in [-0.25, -0.2) is 4.98 Å². The number of aromatic nitrogens is 1. The molecule has 9 nitrogen and oxygen atoms in total. The van der Waals surface area contributed by atoms with Crippen molar-refractivity contribution >= 4 is 29.0 Å². The number of hydrogen-bond acceptors (Lipinski definition) is 7. The summed E-state index contributed by atoms with van der Waals surface area (Å²) in [4.78, 5) is 42.1. The van der Waals surface area contributed by atoms with E-state index in [9.17, 15) is 24.8 Å². The van der Waals surface area contributed by atoms with E-state index >= 15 is 0 Å². The number of rotatable bonds is 5. The van der Waals surface area contributed by atoms with E-state index in [1.165, 1.54) is 37.6 Å². The molecule has 0 spiro atoms. The maximum absolute atomic E-state index is 13.1. The minimum absolute atomic E-state index is 0.177. The van der Waals surface area contributed by atoms with Gasteiger partial charge in [0.1, 0.15) is 17.3 Å². The van der Waals surface area contributed by atoms with Crippen LogP contribution in [0.4, 0.5) is 11.5 Å². The fourth-order valence-electron chi connectivity index (χ4n) is 3.61. The van der Waals surface area contributed by atoms with Gasteiger partial charge in [-0.1, -0.05) is 30.3 Å². The first kappa shape index (κ1) is 20.7. The van der Waals surface area contributed by atoms with Crippen molar-refractivity contribution in [3.8, 4) is 5.75 Å². The molecule has 0 radical (unpaired) electrons. The lowest BCUT2D eigenvalue weighted by atomic mass is 9.95. The lowest BCUT2D eigenvalue weighted by molar-refractivity contribution is -0.384. The molecule has 1 fully saturated rings. The average molecular weight is 431 g/mol. The second-order valence-corrected chi connectivity index (χ2v) is 6.94. The van der Waals surface area contributed by atoms with Crippen molar-refractivity contribution in [1.82, 2.24) is 4.98 Å². The third-order valence-electron chi connectivity index (χ3n) is 5.08. The van der Waals surface area contributed by atoms with Crippen LogP contribution >= 0.6 is 0 Å². The van der Waals surface area contributed by atoms with E-state index in [4.69, 9.17) is 4.74 Å². The van der Waals surface area contributed by atoms with Gasteiger partial charge < -0.3 is 9.84 Å². The molecule has 2 heterocycles. The summed E-state index contributed by atoms with van der Waals surface area (Å²) < 4.78 is 5.18. The van der Waals surface area contributed by atoms with Gasteiger partial charge in [0.2, 0.25) is 0 Å². The van der Waals surface area contributed by atoms with Gasteiger partial charge in [-0.3, -0.25) is 24.6 Å². The summed E-state index contributed by atoms with van der Waals surface area (Å²) in [6, 6.07) is 15.7. The lowest BCUT2D eigenvalue weighted by Gasteiger charge is -2.24. The Morgan fingerprint density at radius 2 is 1.88 bits per heavy atom. The Morgan fingerprint density at radius 3 is 2.56 bits per heavy atom. The van der Waals surface area contributed by atoms with Crippen LogP contribution in [-0.4, -0.2) is 33.8 Å². The second-order valence-electron chi connectivity index (χ2n) is 6.94. The number of ether oxygens (including phenoxy) is 1. The number of non-ortho nitro benzene ring substituents is 1. The number of methoxy groups -OCH3 is 1. The van der Waals surface area contributed by atoms with E-state index in [1.807, 2.05) is 0 Å². The molecular weight excluding hydrogens is 414 g/mol. The average Bonchev–Trinajstić information content (AvgIpc) is 3.09. The molecule has 1 saturated heterocycles. The van der Waals surface area contributed by atoms with Gasteiger partial charge in [-0.2, -0.15) is 0 Å². The number of aliphatic hydroxyl groups is 1. The zero-order valence-electron chi connectivity index (χ0n) is 16.8. The fraction of sp³-hybridized carbons (Fsp3) is 0.0870. The summed E-state index contributed by atoms with van der Waals surface area (Å²) in [5.74, 6) is -1.62. The molecular formula is C23H17N3O6. The third-order valence-corrected chi connectivity index (χ3v) is 5.08. The van der Waals surface area contributed by atoms with Gasteiger partial charge in [0.15, 0.2) is 0 Å². The molecule has 32 heavy (non-hydrogen) atoms. The normalized spacial score (nSPS) is 17.4. The standard InChI is InChI=1S/C23H17N3O6/c1-32-17-9-5-7-15(13-17)21(27)19-20(14-6-4-8-16(12-14)26(30)31)25(23(29)22(19)28)18-10-2-3-11-24-18/h2-13,20,27H,1H3/b21-19-. The van der Waals surface area contributed by atoms with Crippen LogP contribution in [0.5, 0.6) is 5.75 Å². The van der Waals surface area contributed by atoms with Crippen LogP contribution in [-0.2, 0) is 9.59 Å². The quantitative estimate of drug-likeness (QED) is 0.215. The number of nitro groups is 1. The van der Waals surface area contributed by atoms with E-state index in [-0.39, 0.29) is 28.2 Å². The number of nitrogens with zero attached hydrogens (tertiary/aromatic N) is 3. The number of amides is 1. The molecule has 0 bridgehead atoms. The maximum Gasteiger partial charge on any atom is 0.301 e. The topological polar surface area (TPSA) is 123 Å². The summed E-state index contributed by atoms with van der Waals surface area (Å²) in [6.45, 7) is 0. The van der Waals surface area contributed by atoms with E-state index in [2.05, 4.69) is 4.98 Å². The number of benzene rings is 2. The van der Waals surface area contributed by atoms with Crippen molar-refractivity contribution in [3.63, 3.8) is 0 Å². The van der Waals surface area contributed by atoms with Crippen LogP contribution in [0.1, 0.15) is 17.2 Å². The summed E-state index contributed by atoms with van der Waals surface area (Å²) in [5.41, 5.74) is 0.136. The van der Waals surface area contributed by atoms with Crippen LogP contribution < -0.4 is 9.64 Å². The van der Waals surface area contributed by atoms with Gasteiger partial charge in [-0.15, -0.1) is 0 Å². The monoisotopic (exact) mass is 431 g/mol. The van der Waals surface area contributed by atoms with Gasteiger partial charge in [0.05, 0.1) is 23.6 Å². The molecule has 1 amide bonds. The highest BCUT2D eigenvalue weighted by Gasteiger charge is 2.47. The molecule has 1 unspecified atom stereocenters. The van der Waals surface area contributed by atoms with Gasteiger partial charge >= 0.3 is 5.91 Å². The first-order chi connectivity index (χ1) is 15.4. The van der Waals surface area contributed by atoms with E-state index in [0.29, 0.717) is 5.75 Å². The van der Waals surface area contributed by atoms with Gasteiger partial charge in [-0.05, 0) is 29.8 Å². The molecule has 4 rings (SSSR count). The summed E-state index contributed by atoms with van der Waals surface area (Å²) in [7, 11) is 1.46. The lowest BCUT2D eigenvalue weighted by Crippen LogP contribution is -2.30. The molecule has 160 valence electrons. The van der Waals surface area contributed by atoms with Crippen molar-refractivity contribution in [1.29, 1.82) is 0 Å². The Labute approximate surface area is 182 Å². The number of pyridine rings is 1. The first-order valence-corrected chi connectivity index (χ1v) is 9.53. The fourth-order valence-corrected chi connectivity index (χ4v) is 3.61. The molecule has 1 aliphatic rings. The zero-order valence-corrected chi connectivity index (χ0v) is 16.8. The van der Waals surface area contributed by atoms with Crippen LogP contribution in [0.2, 0.25) is 0 Å². The number of carbonyl (C=O) groups excluding carboxylic acids is 2. The Morgan fingerprint density at radius 1 is 1.09 bits per heavy atom. The number of nitro benzene ring substituents is 1. The molecule has 3 aromatic rings. The number of Topliss-reactive ketones (excluding diaryl/α,β-unsaturated/α-hetero) is 1. The highest BCUT2D eigenvalue weighted by atomic mass is 16.6. The summed E-state index contributed by atoms with van der Waals surface area (Å²) in [5, 5.41) is 22.4. The second kappa shape index (κ2) is 8.31. The Balaban J connectivity index is 1.97. The molecule has 1 atom stereocenters. The third kappa shape index (κ3) is 3.56. The highest BCUT2D eigenvalue weighted by Crippen LogP contribution is 2.42. The Kier molecular flexibility index (Phi) is 5.38. The Hall–Kier alpha value is -4.53. The minimum Gasteiger partial charge on any atom is -0.507 e. The van der Waals surface area contributed by atoms with E-state index < -0.39 is 28.4 Å². The first-order valence-electron chi connectivity index (χ1n) is 9.53. The summed E-state index contributed by atoms with van der Waals surface area (Å²) >= 11 is 0. The van der Waals surface area contributed by atoms with Crippen LogP contribution in [0, 0.1) is 10.1 Å². The van der Waals surface area contributed by atoms with Crippen molar-refractivity contribution in [2.24, 2.45) is 0 Å². The van der Waals surface area contributed by atoms with Crippen LogP contribution in [0.3, 0.4) is 0 Å². The SMILES string of the molecule is COc1cccc(/C(O)=C2/C(=O)C(=O)N(c3ccccn3)C2c2cccc([N+](=O)[O-])c2)c1. The molecule has 1 aromatic heterocycles. The van der Waals surface area contributed by atoms with E-state index in [1.54, 1.807) is 42.5 Å². The predicted octanol–water partition coefficient (Wildman–Crippen LogP) is 3.62. The molecule has 1 aliphatic heterocycles. The van der Waals surface area contributed by atoms with Crippen molar-refractivity contribution < 1.29 is 24.4 Å². The minimum atomic E-state index is -1.11. The van der Waals surface area contributed by atoms with Crippen LogP contribution in [0.25, 0.3) is 5.76 Å². The predicted molar refractivity (Wildman–Crippen MR) is 115 cm³/mol. The van der Waals surface area contributed by atoms with Crippen molar-refractivity contribution in [3.05, 3.63) is 99.7 Å². The smallest absolute Gasteiger partial charge is 0.301 e. The number of hydrogen-bond donors (Lipinski definition) is 1.